The van der Waals surface area contributed by atoms with E-state index in [0.717, 1.165) is 12.0 Å². The summed E-state index contributed by atoms with van der Waals surface area (Å²) >= 11 is 0. The SMILES string of the molecule is CC/C(C=N)=C/NC1CCC(F)(F)CC1. The van der Waals surface area contributed by atoms with Crippen LogP contribution in [-0.4, -0.2) is 18.2 Å². The molecule has 4 heteroatoms. The van der Waals surface area contributed by atoms with Crippen LogP contribution in [0.3, 0.4) is 0 Å². The topological polar surface area (TPSA) is 35.9 Å². The fraction of sp³-hybridized carbons (Fsp3) is 0.727. The van der Waals surface area contributed by atoms with Gasteiger partial charge in [-0.3, -0.25) is 0 Å². The van der Waals surface area contributed by atoms with E-state index in [1.165, 1.54) is 6.21 Å². The monoisotopic (exact) mass is 216 g/mol. The minimum atomic E-state index is -2.46. The van der Waals surface area contributed by atoms with Gasteiger partial charge < -0.3 is 10.7 Å². The Kier molecular flexibility index (Phi) is 4.24. The summed E-state index contributed by atoms with van der Waals surface area (Å²) in [5.41, 5.74) is 0.896. The van der Waals surface area contributed by atoms with Gasteiger partial charge in [-0.25, -0.2) is 8.78 Å². The van der Waals surface area contributed by atoms with Crippen molar-refractivity contribution in [3.8, 4) is 0 Å². The second-order valence-corrected chi connectivity index (χ2v) is 4.01. The van der Waals surface area contributed by atoms with Crippen LogP contribution in [0.2, 0.25) is 0 Å². The molecule has 0 amide bonds. The molecule has 0 aromatic rings. The lowest BCUT2D eigenvalue weighted by Crippen LogP contribution is -2.34. The summed E-state index contributed by atoms with van der Waals surface area (Å²) in [5, 5.41) is 10.2. The van der Waals surface area contributed by atoms with Gasteiger partial charge in [0.2, 0.25) is 5.92 Å². The first-order chi connectivity index (χ1) is 7.07. The van der Waals surface area contributed by atoms with Crippen LogP contribution in [0.4, 0.5) is 8.78 Å². The highest BCUT2D eigenvalue weighted by atomic mass is 19.3. The third-order valence-corrected chi connectivity index (χ3v) is 2.82. The van der Waals surface area contributed by atoms with Crippen molar-refractivity contribution in [1.29, 1.82) is 5.41 Å². The lowest BCUT2D eigenvalue weighted by atomic mass is 9.92. The lowest BCUT2D eigenvalue weighted by molar-refractivity contribution is -0.0394. The average molecular weight is 216 g/mol. The first-order valence-electron chi connectivity index (χ1n) is 5.41. The zero-order valence-corrected chi connectivity index (χ0v) is 9.02. The summed E-state index contributed by atoms with van der Waals surface area (Å²) in [7, 11) is 0. The Balaban J connectivity index is 2.36. The minimum Gasteiger partial charge on any atom is -0.388 e. The molecule has 0 unspecified atom stereocenters. The number of nitrogens with one attached hydrogen (secondary N) is 2. The second-order valence-electron chi connectivity index (χ2n) is 4.01. The average Bonchev–Trinajstić information content (AvgIpc) is 2.21. The van der Waals surface area contributed by atoms with E-state index in [1.807, 2.05) is 6.92 Å². The molecule has 0 spiro atoms. The van der Waals surface area contributed by atoms with Crippen molar-refractivity contribution in [3.63, 3.8) is 0 Å². The van der Waals surface area contributed by atoms with Crippen LogP contribution in [0.25, 0.3) is 0 Å². The highest BCUT2D eigenvalue weighted by Crippen LogP contribution is 2.32. The molecule has 86 valence electrons. The molecule has 0 radical (unpaired) electrons. The molecular formula is C11H18F2N2. The Hall–Kier alpha value is -0.930. The summed E-state index contributed by atoms with van der Waals surface area (Å²) in [6.07, 6.45) is 4.84. The fourth-order valence-electron chi connectivity index (χ4n) is 1.68. The molecule has 2 N–H and O–H groups in total. The zero-order chi connectivity index (χ0) is 11.3. The molecule has 2 nitrogen and oxygen atoms in total. The van der Waals surface area contributed by atoms with Crippen molar-refractivity contribution in [2.24, 2.45) is 0 Å². The van der Waals surface area contributed by atoms with Gasteiger partial charge in [-0.1, -0.05) is 6.92 Å². The molecule has 0 bridgehead atoms. The van der Waals surface area contributed by atoms with Crippen molar-refractivity contribution < 1.29 is 8.78 Å². The molecule has 1 saturated carbocycles. The molecular weight excluding hydrogens is 198 g/mol. The molecule has 1 aliphatic rings. The summed E-state index contributed by atoms with van der Waals surface area (Å²) in [6, 6.07) is 0.145. The van der Waals surface area contributed by atoms with Gasteiger partial charge in [0.1, 0.15) is 0 Å². The number of hydrogen-bond donors (Lipinski definition) is 2. The Morgan fingerprint density at radius 1 is 1.47 bits per heavy atom. The molecule has 0 aromatic heterocycles. The normalized spacial score (nSPS) is 22.5. The van der Waals surface area contributed by atoms with Gasteiger partial charge in [-0.2, -0.15) is 0 Å². The van der Waals surface area contributed by atoms with E-state index < -0.39 is 5.92 Å². The van der Waals surface area contributed by atoms with Crippen LogP contribution in [0.1, 0.15) is 39.0 Å². The summed E-state index contributed by atoms with van der Waals surface area (Å²) in [4.78, 5) is 0. The van der Waals surface area contributed by atoms with Crippen molar-refractivity contribution in [1.82, 2.24) is 5.32 Å². The quantitative estimate of drug-likeness (QED) is 0.696. The fourth-order valence-corrected chi connectivity index (χ4v) is 1.68. The highest BCUT2D eigenvalue weighted by molar-refractivity contribution is 5.75. The Morgan fingerprint density at radius 3 is 2.53 bits per heavy atom. The maximum Gasteiger partial charge on any atom is 0.248 e. The van der Waals surface area contributed by atoms with Crippen molar-refractivity contribution in [2.75, 3.05) is 0 Å². The third-order valence-electron chi connectivity index (χ3n) is 2.82. The van der Waals surface area contributed by atoms with E-state index in [2.05, 4.69) is 5.32 Å². The van der Waals surface area contributed by atoms with Gasteiger partial charge >= 0.3 is 0 Å². The predicted octanol–water partition coefficient (Wildman–Crippen LogP) is 3.10. The Morgan fingerprint density at radius 2 is 2.07 bits per heavy atom. The lowest BCUT2D eigenvalue weighted by Gasteiger charge is -2.28. The molecule has 1 rings (SSSR count). The molecule has 1 aliphatic carbocycles. The van der Waals surface area contributed by atoms with Gasteiger partial charge in [0.25, 0.3) is 0 Å². The Bertz CT molecular complexity index is 239. The minimum absolute atomic E-state index is 0.0233. The van der Waals surface area contributed by atoms with E-state index in [1.54, 1.807) is 6.20 Å². The molecule has 0 aliphatic heterocycles. The number of rotatable bonds is 4. The van der Waals surface area contributed by atoms with Crippen LogP contribution >= 0.6 is 0 Å². The van der Waals surface area contributed by atoms with Gasteiger partial charge in [0.05, 0.1) is 0 Å². The van der Waals surface area contributed by atoms with Crippen LogP contribution in [0.15, 0.2) is 11.8 Å². The van der Waals surface area contributed by atoms with E-state index in [0.29, 0.717) is 12.8 Å². The molecule has 0 atom stereocenters. The zero-order valence-electron chi connectivity index (χ0n) is 9.02. The van der Waals surface area contributed by atoms with E-state index in [-0.39, 0.29) is 18.9 Å². The van der Waals surface area contributed by atoms with Crippen molar-refractivity contribution in [2.45, 2.75) is 51.0 Å². The third kappa shape index (κ3) is 3.98. The van der Waals surface area contributed by atoms with E-state index >= 15 is 0 Å². The Labute approximate surface area is 89.3 Å². The van der Waals surface area contributed by atoms with Crippen LogP contribution in [0, 0.1) is 5.41 Å². The van der Waals surface area contributed by atoms with Crippen LogP contribution < -0.4 is 5.32 Å². The van der Waals surface area contributed by atoms with E-state index in [9.17, 15) is 8.78 Å². The number of allylic oxidation sites excluding steroid dienone is 1. The number of alkyl halides is 2. The number of halogens is 2. The largest absolute Gasteiger partial charge is 0.388 e. The maximum absolute atomic E-state index is 12.8. The van der Waals surface area contributed by atoms with Gasteiger partial charge in [-0.05, 0) is 24.8 Å². The molecule has 0 saturated heterocycles. The first-order valence-corrected chi connectivity index (χ1v) is 5.41. The first kappa shape index (κ1) is 12.1. The molecule has 0 heterocycles. The molecule has 15 heavy (non-hydrogen) atoms. The summed E-state index contributed by atoms with van der Waals surface area (Å²) in [5.74, 6) is -2.46. The maximum atomic E-state index is 12.8. The smallest absolute Gasteiger partial charge is 0.248 e. The van der Waals surface area contributed by atoms with Crippen LogP contribution in [0.5, 0.6) is 0 Å². The van der Waals surface area contributed by atoms with Gasteiger partial charge in [-0.15, -0.1) is 0 Å². The molecule has 0 aromatic carbocycles. The van der Waals surface area contributed by atoms with Crippen molar-refractivity contribution >= 4 is 6.21 Å². The van der Waals surface area contributed by atoms with Gasteiger partial charge in [0, 0.05) is 31.3 Å². The van der Waals surface area contributed by atoms with Crippen molar-refractivity contribution in [3.05, 3.63) is 11.8 Å². The second kappa shape index (κ2) is 5.24. The number of hydrogen-bond acceptors (Lipinski definition) is 2. The summed E-state index contributed by atoms with van der Waals surface area (Å²) < 4.78 is 25.7. The standard InChI is InChI=1S/C11H18F2N2/c1-2-9(7-14)8-15-10-3-5-11(12,13)6-4-10/h7-8,10,14-15H,2-6H2,1H3/b9-8-,14-7?. The summed E-state index contributed by atoms with van der Waals surface area (Å²) in [6.45, 7) is 1.97. The van der Waals surface area contributed by atoms with E-state index in [4.69, 9.17) is 5.41 Å². The van der Waals surface area contributed by atoms with Crippen LogP contribution in [-0.2, 0) is 0 Å². The van der Waals surface area contributed by atoms with Gasteiger partial charge in [0.15, 0.2) is 0 Å². The molecule has 1 fully saturated rings. The highest BCUT2D eigenvalue weighted by Gasteiger charge is 2.34. The predicted molar refractivity (Wildman–Crippen MR) is 57.5 cm³/mol.